The van der Waals surface area contributed by atoms with Crippen molar-refractivity contribution in [2.45, 2.75) is 75.2 Å². The van der Waals surface area contributed by atoms with Gasteiger partial charge in [0, 0.05) is 34.5 Å². The van der Waals surface area contributed by atoms with Gasteiger partial charge in [0.2, 0.25) is 0 Å². The van der Waals surface area contributed by atoms with E-state index in [9.17, 15) is 14.1 Å². The number of hydrogen-bond donors (Lipinski definition) is 2. The van der Waals surface area contributed by atoms with E-state index in [-0.39, 0.29) is 17.1 Å². The summed E-state index contributed by atoms with van der Waals surface area (Å²) in [5.41, 5.74) is 0. The van der Waals surface area contributed by atoms with Gasteiger partial charge in [0.25, 0.3) is 0 Å². The van der Waals surface area contributed by atoms with Crippen LogP contribution in [0.2, 0.25) is 0 Å². The number of carboxylic acids is 1. The van der Waals surface area contributed by atoms with E-state index in [1.807, 2.05) is 25.6 Å². The number of carbonyl (C=O) groups is 2. The summed E-state index contributed by atoms with van der Waals surface area (Å²) >= 11 is 2.71. The predicted octanol–water partition coefficient (Wildman–Crippen LogP) is 4.48. The predicted molar refractivity (Wildman–Crippen MR) is 93.6 cm³/mol. The lowest BCUT2D eigenvalue weighted by Crippen LogP contribution is -2.23. The maximum Gasteiger partial charge on any atom is 0.303 e. The number of rotatable bonds is 11. The van der Waals surface area contributed by atoms with Crippen LogP contribution in [0.15, 0.2) is 0 Å². The molecule has 1 saturated carbocycles. The second-order valence-electron chi connectivity index (χ2n) is 6.66. The van der Waals surface area contributed by atoms with Crippen LogP contribution < -0.4 is 0 Å². The summed E-state index contributed by atoms with van der Waals surface area (Å²) in [6, 6.07) is 0. The summed E-state index contributed by atoms with van der Waals surface area (Å²) in [7, 11) is 0. The van der Waals surface area contributed by atoms with Gasteiger partial charge >= 0.3 is 5.97 Å². The molecule has 0 radical (unpaired) electrons. The molecule has 0 aliphatic heterocycles. The molecule has 0 aromatic rings. The molecule has 2 N–H and O–H groups in total. The summed E-state index contributed by atoms with van der Waals surface area (Å²) in [6.45, 7) is 4.03. The molecule has 0 aromatic heterocycles. The fraction of sp³-hybridized carbons (Fsp3) is 0.875. The van der Waals surface area contributed by atoms with Gasteiger partial charge in [-0.15, -0.1) is 0 Å². The second-order valence-corrected chi connectivity index (χ2v) is 9.17. The molecule has 22 heavy (non-hydrogen) atoms. The number of carboxylic acid groups (broad SMARTS) is 1. The van der Waals surface area contributed by atoms with Crippen LogP contribution in [0.4, 0.5) is 0 Å². The van der Waals surface area contributed by atoms with Gasteiger partial charge in [0.05, 0.1) is 0 Å². The van der Waals surface area contributed by atoms with Crippen LogP contribution in [-0.2, 0) is 9.59 Å². The molecule has 1 rings (SSSR count). The Bertz CT molecular complexity index is 371. The summed E-state index contributed by atoms with van der Waals surface area (Å²) < 4.78 is 9.07. The molecule has 1 aliphatic carbocycles. The topological polar surface area (TPSA) is 74.6 Å². The number of carbonyl (C=O) groups excluding carboxylic acids is 1. The quantitative estimate of drug-likeness (QED) is 0.424. The van der Waals surface area contributed by atoms with Gasteiger partial charge < -0.3 is 9.66 Å². The van der Waals surface area contributed by atoms with Crippen molar-refractivity contribution in [2.24, 2.45) is 5.92 Å². The molecule has 6 heteroatoms. The third-order valence-corrected chi connectivity index (χ3v) is 6.79. The van der Waals surface area contributed by atoms with E-state index in [2.05, 4.69) is 0 Å². The summed E-state index contributed by atoms with van der Waals surface area (Å²) in [5, 5.41) is 8.98. The van der Waals surface area contributed by atoms with Crippen LogP contribution in [0.1, 0.15) is 65.2 Å². The Hall–Kier alpha value is -0.200. The summed E-state index contributed by atoms with van der Waals surface area (Å²) in [5.74, 6) is 0.662. The highest BCUT2D eigenvalue weighted by atomic mass is 32.2. The van der Waals surface area contributed by atoms with Gasteiger partial charge in [-0.2, -0.15) is 11.8 Å². The molecule has 0 amide bonds. The standard InChI is InChI=1S/C16H28O4S2/c1-16(2,22-20)11-21-14-10-9-13(17)12(14)7-5-3-4-6-8-15(18)19/h12,14,20H,3-11H2,1-2H3,(H,18,19). The van der Waals surface area contributed by atoms with Crippen LogP contribution >= 0.6 is 23.8 Å². The van der Waals surface area contributed by atoms with Crippen LogP contribution in [-0.4, -0.2) is 37.2 Å². The molecule has 0 bridgehead atoms. The number of hydrogen-bond acceptors (Lipinski definition) is 5. The zero-order chi connectivity index (χ0) is 16.6. The first-order chi connectivity index (χ1) is 10.4. The van der Waals surface area contributed by atoms with E-state index < -0.39 is 5.97 Å². The average Bonchev–Trinajstić information content (AvgIpc) is 2.81. The highest BCUT2D eigenvalue weighted by Gasteiger charge is 2.35. The van der Waals surface area contributed by atoms with Crippen molar-refractivity contribution < 1.29 is 19.2 Å². The molecule has 1 fully saturated rings. The fourth-order valence-electron chi connectivity index (χ4n) is 2.75. The maximum atomic E-state index is 12.0. The smallest absolute Gasteiger partial charge is 0.303 e. The summed E-state index contributed by atoms with van der Waals surface area (Å²) in [6.07, 6.45) is 6.49. The van der Waals surface area contributed by atoms with Gasteiger partial charge in [-0.3, -0.25) is 9.59 Å². The highest BCUT2D eigenvalue weighted by molar-refractivity contribution is 8.02. The Morgan fingerprint density at radius 3 is 2.59 bits per heavy atom. The van der Waals surface area contributed by atoms with E-state index in [1.54, 1.807) is 0 Å². The number of ketones is 1. The van der Waals surface area contributed by atoms with Crippen LogP contribution in [0.3, 0.4) is 0 Å². The van der Waals surface area contributed by atoms with E-state index in [1.165, 1.54) is 0 Å². The van der Waals surface area contributed by atoms with Crippen molar-refractivity contribution in [3.63, 3.8) is 0 Å². The molecule has 2 unspecified atom stereocenters. The monoisotopic (exact) mass is 348 g/mol. The molecule has 0 saturated heterocycles. The largest absolute Gasteiger partial charge is 0.481 e. The molecule has 0 spiro atoms. The van der Waals surface area contributed by atoms with E-state index in [0.29, 0.717) is 17.5 Å². The number of Topliss-reactive ketones (excluding diaryl/α,β-unsaturated/α-hetero) is 1. The van der Waals surface area contributed by atoms with Gasteiger partial charge in [-0.1, -0.05) is 19.3 Å². The first-order valence-electron chi connectivity index (χ1n) is 8.04. The molecule has 0 aromatic carbocycles. The van der Waals surface area contributed by atoms with Crippen molar-refractivity contribution in [3.05, 3.63) is 0 Å². The first-order valence-corrected chi connectivity index (χ1v) is 9.86. The zero-order valence-corrected chi connectivity index (χ0v) is 15.2. The Morgan fingerprint density at radius 1 is 1.27 bits per heavy atom. The number of unbranched alkanes of at least 4 members (excludes halogenated alkanes) is 3. The first kappa shape index (κ1) is 19.8. The van der Waals surface area contributed by atoms with E-state index >= 15 is 0 Å². The van der Waals surface area contributed by atoms with Crippen LogP contribution in [0, 0.1) is 5.92 Å². The van der Waals surface area contributed by atoms with Gasteiger partial charge in [-0.25, -0.2) is 0 Å². The van der Waals surface area contributed by atoms with Crippen molar-refractivity contribution in [1.82, 2.24) is 0 Å². The normalized spacial score (nSPS) is 22.2. The van der Waals surface area contributed by atoms with Gasteiger partial charge in [0.15, 0.2) is 0 Å². The molecule has 128 valence electrons. The molecule has 0 heterocycles. The van der Waals surface area contributed by atoms with Crippen molar-refractivity contribution >= 4 is 35.6 Å². The Labute approximate surface area is 142 Å². The molecular weight excluding hydrogens is 320 g/mol. The Morgan fingerprint density at radius 2 is 1.95 bits per heavy atom. The molecule has 1 aliphatic rings. The number of thioether (sulfide) groups is 1. The van der Waals surface area contributed by atoms with Crippen LogP contribution in [0.5, 0.6) is 0 Å². The lowest BCUT2D eigenvalue weighted by molar-refractivity contribution is -0.137. The fourth-order valence-corrected chi connectivity index (χ4v) is 4.59. The van der Waals surface area contributed by atoms with Crippen molar-refractivity contribution in [2.75, 3.05) is 5.75 Å². The molecule has 2 atom stereocenters. The minimum absolute atomic E-state index is 0.156. The average molecular weight is 349 g/mol. The SMILES string of the molecule is CC(C)(CSC1CCC(=O)C1CCCCCCC(=O)O)SO. The molecule has 4 nitrogen and oxygen atoms in total. The third kappa shape index (κ3) is 7.38. The minimum Gasteiger partial charge on any atom is -0.481 e. The lowest BCUT2D eigenvalue weighted by Gasteiger charge is -2.24. The minimum atomic E-state index is -0.730. The zero-order valence-electron chi connectivity index (χ0n) is 13.5. The number of aliphatic carboxylic acids is 1. The van der Waals surface area contributed by atoms with Crippen molar-refractivity contribution in [3.8, 4) is 0 Å². The molecular formula is C16H28O4S2. The van der Waals surface area contributed by atoms with Crippen LogP contribution in [0.25, 0.3) is 0 Å². The van der Waals surface area contributed by atoms with Crippen molar-refractivity contribution in [1.29, 1.82) is 0 Å². The second kappa shape index (κ2) is 9.83. The Balaban J connectivity index is 2.27. The summed E-state index contributed by atoms with van der Waals surface area (Å²) in [4.78, 5) is 22.5. The van der Waals surface area contributed by atoms with E-state index in [0.717, 1.165) is 56.3 Å². The lowest BCUT2D eigenvalue weighted by atomic mass is 9.98. The van der Waals surface area contributed by atoms with E-state index in [4.69, 9.17) is 5.11 Å². The van der Waals surface area contributed by atoms with Gasteiger partial charge in [-0.05, 0) is 45.2 Å². The Kier molecular flexibility index (Phi) is 8.87. The third-order valence-electron chi connectivity index (χ3n) is 4.09. The van der Waals surface area contributed by atoms with Gasteiger partial charge in [0.1, 0.15) is 5.78 Å². The maximum absolute atomic E-state index is 12.0. The highest BCUT2D eigenvalue weighted by Crippen LogP contribution is 2.39.